The molecule has 1 heterocycles. The Hall–Kier alpha value is -2.08. The molecule has 6 heteroatoms. The van der Waals surface area contributed by atoms with Crippen LogP contribution in [0.1, 0.15) is 26.7 Å². The maximum Gasteiger partial charge on any atom is 0.371 e. The molecular formula is C13H9BrO5. The monoisotopic (exact) mass is 324 g/mol. The van der Waals surface area contributed by atoms with E-state index in [1.807, 2.05) is 0 Å². The SMILES string of the molecule is COc1ccc(Br)c(C(=O)c2ccc(C(=O)O)o2)c1. The van der Waals surface area contributed by atoms with Crippen molar-refractivity contribution in [3.05, 3.63) is 51.9 Å². The van der Waals surface area contributed by atoms with Gasteiger partial charge in [0.2, 0.25) is 11.5 Å². The van der Waals surface area contributed by atoms with Gasteiger partial charge in [0.25, 0.3) is 0 Å². The Morgan fingerprint density at radius 2 is 1.89 bits per heavy atom. The second-order valence-corrected chi connectivity index (χ2v) is 4.50. The number of rotatable bonds is 4. The van der Waals surface area contributed by atoms with Crippen LogP contribution in [0.5, 0.6) is 5.75 Å². The molecule has 1 aromatic heterocycles. The van der Waals surface area contributed by atoms with Crippen molar-refractivity contribution in [1.82, 2.24) is 0 Å². The highest BCUT2D eigenvalue weighted by Gasteiger charge is 2.19. The van der Waals surface area contributed by atoms with Crippen LogP contribution < -0.4 is 4.74 Å². The van der Waals surface area contributed by atoms with Crippen LogP contribution in [-0.2, 0) is 0 Å². The number of carboxylic acid groups (broad SMARTS) is 1. The van der Waals surface area contributed by atoms with Crippen molar-refractivity contribution in [3.8, 4) is 5.75 Å². The number of carbonyl (C=O) groups excluding carboxylic acids is 1. The number of ketones is 1. The van der Waals surface area contributed by atoms with Crippen molar-refractivity contribution in [3.63, 3.8) is 0 Å². The number of methoxy groups -OCH3 is 1. The summed E-state index contributed by atoms with van der Waals surface area (Å²) in [6.07, 6.45) is 0. The van der Waals surface area contributed by atoms with E-state index in [-0.39, 0.29) is 11.5 Å². The molecule has 0 radical (unpaired) electrons. The van der Waals surface area contributed by atoms with Crippen molar-refractivity contribution in [2.75, 3.05) is 7.11 Å². The summed E-state index contributed by atoms with van der Waals surface area (Å²) in [5.41, 5.74) is 0.339. The summed E-state index contributed by atoms with van der Waals surface area (Å²) in [4.78, 5) is 22.9. The molecule has 0 spiro atoms. The number of hydrogen-bond donors (Lipinski definition) is 1. The molecule has 0 saturated heterocycles. The molecule has 98 valence electrons. The predicted octanol–water partition coefficient (Wildman–Crippen LogP) is 2.98. The van der Waals surface area contributed by atoms with E-state index in [2.05, 4.69) is 15.9 Å². The van der Waals surface area contributed by atoms with Gasteiger partial charge >= 0.3 is 5.97 Å². The average molecular weight is 325 g/mol. The minimum Gasteiger partial charge on any atom is -0.497 e. The van der Waals surface area contributed by atoms with Gasteiger partial charge in [0.15, 0.2) is 5.76 Å². The predicted molar refractivity (Wildman–Crippen MR) is 69.8 cm³/mol. The number of aromatic carboxylic acids is 1. The van der Waals surface area contributed by atoms with Gasteiger partial charge in [-0.05, 0) is 30.3 Å². The molecule has 0 fully saturated rings. The van der Waals surface area contributed by atoms with E-state index in [1.54, 1.807) is 18.2 Å². The van der Waals surface area contributed by atoms with E-state index >= 15 is 0 Å². The van der Waals surface area contributed by atoms with Crippen molar-refractivity contribution in [2.24, 2.45) is 0 Å². The maximum atomic E-state index is 12.2. The molecule has 0 atom stereocenters. The lowest BCUT2D eigenvalue weighted by atomic mass is 10.1. The van der Waals surface area contributed by atoms with Crippen LogP contribution in [0.15, 0.2) is 39.2 Å². The second kappa shape index (κ2) is 5.27. The first-order valence-electron chi connectivity index (χ1n) is 5.24. The molecule has 19 heavy (non-hydrogen) atoms. The highest BCUT2D eigenvalue weighted by Crippen LogP contribution is 2.25. The van der Waals surface area contributed by atoms with E-state index in [0.29, 0.717) is 15.8 Å². The lowest BCUT2D eigenvalue weighted by Crippen LogP contribution is -2.02. The van der Waals surface area contributed by atoms with Crippen LogP contribution in [0, 0.1) is 0 Å². The molecule has 0 bridgehead atoms. The molecule has 1 N–H and O–H groups in total. The van der Waals surface area contributed by atoms with Crippen LogP contribution in [0.4, 0.5) is 0 Å². The Balaban J connectivity index is 2.40. The Kier molecular flexibility index (Phi) is 3.71. The first-order chi connectivity index (χ1) is 9.02. The van der Waals surface area contributed by atoms with Crippen LogP contribution >= 0.6 is 15.9 Å². The fourth-order valence-corrected chi connectivity index (χ4v) is 1.94. The van der Waals surface area contributed by atoms with Gasteiger partial charge in [-0.3, -0.25) is 4.79 Å². The van der Waals surface area contributed by atoms with Crippen LogP contribution in [0.3, 0.4) is 0 Å². The lowest BCUT2D eigenvalue weighted by molar-refractivity contribution is 0.0660. The average Bonchev–Trinajstić information content (AvgIpc) is 2.88. The van der Waals surface area contributed by atoms with E-state index in [0.717, 1.165) is 0 Å². The maximum absolute atomic E-state index is 12.2. The Morgan fingerprint density at radius 3 is 2.47 bits per heavy atom. The summed E-state index contributed by atoms with van der Waals surface area (Å²) >= 11 is 3.26. The molecule has 0 aliphatic heterocycles. The first kappa shape index (κ1) is 13.4. The number of hydrogen-bond acceptors (Lipinski definition) is 4. The van der Waals surface area contributed by atoms with Gasteiger partial charge in [-0.1, -0.05) is 15.9 Å². The fourth-order valence-electron chi connectivity index (χ4n) is 1.51. The van der Waals surface area contributed by atoms with E-state index in [9.17, 15) is 9.59 Å². The summed E-state index contributed by atoms with van der Waals surface area (Å²) in [6.45, 7) is 0. The third-order valence-electron chi connectivity index (χ3n) is 2.46. The minimum absolute atomic E-state index is 0.0358. The number of furan rings is 1. The summed E-state index contributed by atoms with van der Waals surface area (Å²) in [5.74, 6) is -1.42. The van der Waals surface area contributed by atoms with Gasteiger partial charge < -0.3 is 14.3 Å². The third-order valence-corrected chi connectivity index (χ3v) is 3.15. The highest BCUT2D eigenvalue weighted by atomic mass is 79.9. The largest absolute Gasteiger partial charge is 0.497 e. The second-order valence-electron chi connectivity index (χ2n) is 3.64. The van der Waals surface area contributed by atoms with Gasteiger partial charge in [0.05, 0.1) is 7.11 Å². The van der Waals surface area contributed by atoms with Crippen molar-refractivity contribution in [1.29, 1.82) is 0 Å². The summed E-state index contributed by atoms with van der Waals surface area (Å²) in [5, 5.41) is 8.75. The molecule has 2 rings (SSSR count). The molecule has 0 saturated carbocycles. The quantitative estimate of drug-likeness (QED) is 0.875. The molecule has 2 aromatic rings. The standard InChI is InChI=1S/C13H9BrO5/c1-18-7-2-3-9(14)8(6-7)12(15)10-4-5-11(19-10)13(16)17/h2-6H,1H3,(H,16,17). The first-order valence-corrected chi connectivity index (χ1v) is 6.03. The number of carbonyl (C=O) groups is 2. The smallest absolute Gasteiger partial charge is 0.371 e. The molecule has 0 aliphatic carbocycles. The van der Waals surface area contributed by atoms with Gasteiger partial charge in [-0.25, -0.2) is 4.79 Å². The van der Waals surface area contributed by atoms with Crippen LogP contribution in [0.2, 0.25) is 0 Å². The molecule has 0 unspecified atom stereocenters. The number of carboxylic acids is 1. The molecule has 0 amide bonds. The van der Waals surface area contributed by atoms with Crippen LogP contribution in [0.25, 0.3) is 0 Å². The Morgan fingerprint density at radius 1 is 1.21 bits per heavy atom. The fraction of sp³-hybridized carbons (Fsp3) is 0.0769. The lowest BCUT2D eigenvalue weighted by Gasteiger charge is -2.04. The summed E-state index contributed by atoms with van der Waals surface area (Å²) in [6, 6.07) is 7.50. The zero-order valence-electron chi connectivity index (χ0n) is 9.84. The van der Waals surface area contributed by atoms with Crippen molar-refractivity contribution in [2.45, 2.75) is 0 Å². The topological polar surface area (TPSA) is 76.7 Å². The third kappa shape index (κ3) is 2.68. The van der Waals surface area contributed by atoms with Crippen molar-refractivity contribution >= 4 is 27.7 Å². The Labute approximate surface area is 116 Å². The van der Waals surface area contributed by atoms with E-state index in [1.165, 1.54) is 19.2 Å². The number of benzene rings is 1. The van der Waals surface area contributed by atoms with Crippen LogP contribution in [-0.4, -0.2) is 24.0 Å². The Bertz CT molecular complexity index is 644. The normalized spacial score (nSPS) is 10.2. The minimum atomic E-state index is -1.22. The molecule has 0 aliphatic rings. The van der Waals surface area contributed by atoms with E-state index < -0.39 is 11.8 Å². The van der Waals surface area contributed by atoms with Crippen molar-refractivity contribution < 1.29 is 23.8 Å². The molecule has 5 nitrogen and oxygen atoms in total. The molecular weight excluding hydrogens is 316 g/mol. The van der Waals surface area contributed by atoms with Gasteiger partial charge in [0, 0.05) is 10.0 Å². The van der Waals surface area contributed by atoms with E-state index in [4.69, 9.17) is 14.3 Å². The molecule has 1 aromatic carbocycles. The zero-order valence-corrected chi connectivity index (χ0v) is 11.4. The van der Waals surface area contributed by atoms with Gasteiger partial charge in [-0.15, -0.1) is 0 Å². The summed E-state index contributed by atoms with van der Waals surface area (Å²) in [7, 11) is 1.49. The van der Waals surface area contributed by atoms with Gasteiger partial charge in [-0.2, -0.15) is 0 Å². The number of halogens is 1. The zero-order chi connectivity index (χ0) is 14.0. The number of ether oxygens (including phenoxy) is 1. The van der Waals surface area contributed by atoms with Gasteiger partial charge in [0.1, 0.15) is 5.75 Å². The highest BCUT2D eigenvalue weighted by molar-refractivity contribution is 9.10. The summed E-state index contributed by atoms with van der Waals surface area (Å²) < 4.78 is 10.6.